The number of alkyl halides is 3. The standard InChI is InChI=1S/C14H15F3N2S/c1-2-3-6-12-9-20-13(19-12)18-11-7-4-5-10(8-11)14(15,16)17/h4-5,7-9H,2-3,6H2,1H3,(H,18,19). The van der Waals surface area contributed by atoms with E-state index in [0.717, 1.165) is 37.1 Å². The fraction of sp³-hybridized carbons (Fsp3) is 0.357. The van der Waals surface area contributed by atoms with Crippen LogP contribution in [0, 0.1) is 0 Å². The minimum Gasteiger partial charge on any atom is -0.332 e. The van der Waals surface area contributed by atoms with Gasteiger partial charge in [0.1, 0.15) is 0 Å². The molecule has 0 aliphatic carbocycles. The largest absolute Gasteiger partial charge is 0.416 e. The maximum absolute atomic E-state index is 12.6. The lowest BCUT2D eigenvalue weighted by atomic mass is 10.2. The van der Waals surface area contributed by atoms with Gasteiger partial charge in [0.2, 0.25) is 0 Å². The lowest BCUT2D eigenvalue weighted by Gasteiger charge is -2.08. The van der Waals surface area contributed by atoms with Crippen LogP contribution >= 0.6 is 11.3 Å². The van der Waals surface area contributed by atoms with Crippen LogP contribution in [0.25, 0.3) is 0 Å². The second-order valence-electron chi connectivity index (χ2n) is 4.45. The molecule has 0 amide bonds. The maximum atomic E-state index is 12.6. The summed E-state index contributed by atoms with van der Waals surface area (Å²) in [7, 11) is 0. The van der Waals surface area contributed by atoms with Gasteiger partial charge in [-0.25, -0.2) is 4.98 Å². The van der Waals surface area contributed by atoms with Gasteiger partial charge in [0.15, 0.2) is 5.13 Å². The SMILES string of the molecule is CCCCc1csc(Nc2cccc(C(F)(F)F)c2)n1. The van der Waals surface area contributed by atoms with E-state index in [1.54, 1.807) is 6.07 Å². The molecule has 0 saturated carbocycles. The highest BCUT2D eigenvalue weighted by Crippen LogP contribution is 2.31. The molecule has 0 atom stereocenters. The highest BCUT2D eigenvalue weighted by atomic mass is 32.1. The van der Waals surface area contributed by atoms with Gasteiger partial charge in [0.05, 0.1) is 11.3 Å². The summed E-state index contributed by atoms with van der Waals surface area (Å²) in [6, 6.07) is 5.13. The Balaban J connectivity index is 2.08. The van der Waals surface area contributed by atoms with E-state index >= 15 is 0 Å². The number of unbranched alkanes of at least 4 members (excludes halogenated alkanes) is 1. The molecule has 108 valence electrons. The van der Waals surface area contributed by atoms with Crippen molar-refractivity contribution in [3.05, 3.63) is 40.9 Å². The number of thiazole rings is 1. The number of nitrogens with zero attached hydrogens (tertiary/aromatic N) is 1. The summed E-state index contributed by atoms with van der Waals surface area (Å²) >= 11 is 1.40. The molecule has 0 radical (unpaired) electrons. The van der Waals surface area contributed by atoms with Crippen molar-refractivity contribution in [2.75, 3.05) is 5.32 Å². The van der Waals surface area contributed by atoms with Crippen LogP contribution in [0.5, 0.6) is 0 Å². The van der Waals surface area contributed by atoms with Crippen LogP contribution in [-0.2, 0) is 12.6 Å². The number of anilines is 2. The van der Waals surface area contributed by atoms with Gasteiger partial charge in [-0.1, -0.05) is 19.4 Å². The van der Waals surface area contributed by atoms with Crippen molar-refractivity contribution in [3.63, 3.8) is 0 Å². The Morgan fingerprint density at radius 2 is 2.10 bits per heavy atom. The van der Waals surface area contributed by atoms with Crippen LogP contribution in [0.3, 0.4) is 0 Å². The average Bonchev–Trinajstić information content (AvgIpc) is 2.83. The summed E-state index contributed by atoms with van der Waals surface area (Å²) in [6.07, 6.45) is -1.27. The van der Waals surface area contributed by atoms with E-state index in [0.29, 0.717) is 10.8 Å². The number of hydrogen-bond donors (Lipinski definition) is 1. The van der Waals surface area contributed by atoms with E-state index in [2.05, 4.69) is 17.2 Å². The van der Waals surface area contributed by atoms with E-state index in [1.807, 2.05) is 5.38 Å². The Morgan fingerprint density at radius 3 is 2.80 bits per heavy atom. The van der Waals surface area contributed by atoms with Gasteiger partial charge in [-0.05, 0) is 31.0 Å². The normalized spacial score (nSPS) is 11.6. The van der Waals surface area contributed by atoms with Gasteiger partial charge in [0.25, 0.3) is 0 Å². The van der Waals surface area contributed by atoms with Gasteiger partial charge in [-0.2, -0.15) is 13.2 Å². The number of aryl methyl sites for hydroxylation is 1. The van der Waals surface area contributed by atoms with E-state index in [-0.39, 0.29) is 0 Å². The second kappa shape index (κ2) is 6.26. The molecule has 0 bridgehead atoms. The highest BCUT2D eigenvalue weighted by molar-refractivity contribution is 7.13. The van der Waals surface area contributed by atoms with Gasteiger partial charge in [0, 0.05) is 11.1 Å². The summed E-state index contributed by atoms with van der Waals surface area (Å²) in [5.41, 5.74) is 0.716. The average molecular weight is 300 g/mol. The fourth-order valence-electron chi connectivity index (χ4n) is 1.73. The molecular formula is C14H15F3N2S. The van der Waals surface area contributed by atoms with Gasteiger partial charge >= 0.3 is 6.18 Å². The smallest absolute Gasteiger partial charge is 0.332 e. The van der Waals surface area contributed by atoms with Crippen molar-refractivity contribution in [2.45, 2.75) is 32.4 Å². The zero-order chi connectivity index (χ0) is 14.6. The first-order valence-corrected chi connectivity index (χ1v) is 7.25. The van der Waals surface area contributed by atoms with Gasteiger partial charge in [-0.15, -0.1) is 11.3 Å². The van der Waals surface area contributed by atoms with Crippen LogP contribution in [-0.4, -0.2) is 4.98 Å². The van der Waals surface area contributed by atoms with Crippen LogP contribution in [0.4, 0.5) is 24.0 Å². The van der Waals surface area contributed by atoms with Crippen molar-refractivity contribution in [2.24, 2.45) is 0 Å². The molecule has 1 aromatic heterocycles. The monoisotopic (exact) mass is 300 g/mol. The van der Waals surface area contributed by atoms with E-state index in [4.69, 9.17) is 0 Å². The molecule has 0 aliphatic heterocycles. The summed E-state index contributed by atoms with van der Waals surface area (Å²) in [5.74, 6) is 0. The summed E-state index contributed by atoms with van der Waals surface area (Å²) in [6.45, 7) is 2.11. The Bertz CT molecular complexity index is 564. The Hall–Kier alpha value is -1.56. The molecule has 2 aromatic rings. The topological polar surface area (TPSA) is 24.9 Å². The molecule has 0 fully saturated rings. The molecule has 2 nitrogen and oxygen atoms in total. The molecule has 0 spiro atoms. The third kappa shape index (κ3) is 3.96. The van der Waals surface area contributed by atoms with Crippen LogP contribution in [0.2, 0.25) is 0 Å². The molecule has 6 heteroatoms. The first-order chi connectivity index (χ1) is 9.49. The van der Waals surface area contributed by atoms with Crippen LogP contribution in [0.15, 0.2) is 29.6 Å². The molecule has 2 rings (SSSR count). The predicted molar refractivity (Wildman–Crippen MR) is 75.5 cm³/mol. The second-order valence-corrected chi connectivity index (χ2v) is 5.31. The lowest BCUT2D eigenvalue weighted by Crippen LogP contribution is -2.05. The van der Waals surface area contributed by atoms with Crippen molar-refractivity contribution in [1.82, 2.24) is 4.98 Å². The summed E-state index contributed by atoms with van der Waals surface area (Å²) in [5, 5.41) is 5.48. The minimum atomic E-state index is -4.33. The molecule has 1 aromatic carbocycles. The molecule has 0 aliphatic rings. The van der Waals surface area contributed by atoms with Crippen molar-refractivity contribution < 1.29 is 13.2 Å². The number of nitrogens with one attached hydrogen (secondary N) is 1. The number of benzene rings is 1. The number of halogens is 3. The fourth-order valence-corrected chi connectivity index (χ4v) is 2.50. The zero-order valence-electron chi connectivity index (χ0n) is 11.0. The Kier molecular flexibility index (Phi) is 4.65. The lowest BCUT2D eigenvalue weighted by molar-refractivity contribution is -0.137. The molecular weight excluding hydrogens is 285 g/mol. The molecule has 0 unspecified atom stereocenters. The molecule has 1 N–H and O–H groups in total. The number of aromatic nitrogens is 1. The maximum Gasteiger partial charge on any atom is 0.416 e. The van der Waals surface area contributed by atoms with Crippen molar-refractivity contribution >= 4 is 22.2 Å². The number of rotatable bonds is 5. The van der Waals surface area contributed by atoms with Crippen LogP contribution in [0.1, 0.15) is 31.0 Å². The Morgan fingerprint density at radius 1 is 1.30 bits per heavy atom. The number of hydrogen-bond acceptors (Lipinski definition) is 3. The van der Waals surface area contributed by atoms with E-state index < -0.39 is 11.7 Å². The third-order valence-corrected chi connectivity index (χ3v) is 3.59. The highest BCUT2D eigenvalue weighted by Gasteiger charge is 2.30. The van der Waals surface area contributed by atoms with E-state index in [1.165, 1.54) is 17.4 Å². The summed E-state index contributed by atoms with van der Waals surface area (Å²) in [4.78, 5) is 4.36. The summed E-state index contributed by atoms with van der Waals surface area (Å²) < 4.78 is 37.8. The van der Waals surface area contributed by atoms with E-state index in [9.17, 15) is 13.2 Å². The van der Waals surface area contributed by atoms with Crippen LogP contribution < -0.4 is 5.32 Å². The quantitative estimate of drug-likeness (QED) is 0.816. The van der Waals surface area contributed by atoms with Gasteiger partial charge < -0.3 is 5.32 Å². The molecule has 1 heterocycles. The third-order valence-electron chi connectivity index (χ3n) is 2.78. The first kappa shape index (κ1) is 14.8. The van der Waals surface area contributed by atoms with Gasteiger partial charge in [-0.3, -0.25) is 0 Å². The molecule has 0 saturated heterocycles. The minimum absolute atomic E-state index is 0.399. The zero-order valence-corrected chi connectivity index (χ0v) is 11.8. The Labute approximate surface area is 119 Å². The molecule has 20 heavy (non-hydrogen) atoms. The predicted octanol–water partition coefficient (Wildman–Crippen LogP) is 5.25. The first-order valence-electron chi connectivity index (χ1n) is 6.37. The van der Waals surface area contributed by atoms with Crippen molar-refractivity contribution in [1.29, 1.82) is 0 Å². The van der Waals surface area contributed by atoms with Crippen molar-refractivity contribution in [3.8, 4) is 0 Å².